The standard InChI is InChI=1S/C16H10F2N2O2/c17-9-5-6-14(12(18)7-9)20-16(22)15(21)11-8-19-13-4-2-1-3-10(11)13/h1-8,19H,(H,20,22). The Labute approximate surface area is 123 Å². The molecule has 0 fully saturated rings. The zero-order valence-electron chi connectivity index (χ0n) is 11.2. The van der Waals surface area contributed by atoms with Crippen molar-refractivity contribution in [3.05, 3.63) is 65.9 Å². The van der Waals surface area contributed by atoms with E-state index in [1.807, 2.05) is 0 Å². The van der Waals surface area contributed by atoms with Crippen LogP contribution in [-0.2, 0) is 4.79 Å². The number of benzene rings is 2. The average molecular weight is 300 g/mol. The first-order valence-corrected chi connectivity index (χ1v) is 6.43. The van der Waals surface area contributed by atoms with Crippen LogP contribution >= 0.6 is 0 Å². The predicted octanol–water partition coefficient (Wildman–Crippen LogP) is 3.27. The maximum atomic E-state index is 13.5. The molecule has 22 heavy (non-hydrogen) atoms. The Kier molecular flexibility index (Phi) is 3.42. The van der Waals surface area contributed by atoms with E-state index in [0.717, 1.165) is 12.1 Å². The number of para-hydroxylation sites is 1. The van der Waals surface area contributed by atoms with Gasteiger partial charge in [-0.3, -0.25) is 9.59 Å². The van der Waals surface area contributed by atoms with E-state index in [9.17, 15) is 18.4 Å². The zero-order valence-corrected chi connectivity index (χ0v) is 11.2. The van der Waals surface area contributed by atoms with Gasteiger partial charge in [-0.05, 0) is 18.2 Å². The number of rotatable bonds is 3. The first-order valence-electron chi connectivity index (χ1n) is 6.43. The second-order valence-electron chi connectivity index (χ2n) is 4.66. The lowest BCUT2D eigenvalue weighted by Crippen LogP contribution is -2.23. The van der Waals surface area contributed by atoms with Crippen molar-refractivity contribution in [3.8, 4) is 0 Å². The Morgan fingerprint density at radius 3 is 2.59 bits per heavy atom. The third-order valence-electron chi connectivity index (χ3n) is 3.22. The fraction of sp³-hybridized carbons (Fsp3) is 0. The van der Waals surface area contributed by atoms with Crippen LogP contribution in [0, 0.1) is 11.6 Å². The molecule has 0 aliphatic heterocycles. The van der Waals surface area contributed by atoms with Gasteiger partial charge in [-0.25, -0.2) is 8.78 Å². The molecular weight excluding hydrogens is 290 g/mol. The van der Waals surface area contributed by atoms with Crippen LogP contribution in [0.3, 0.4) is 0 Å². The molecule has 0 bridgehead atoms. The molecule has 1 heterocycles. The molecule has 0 aliphatic carbocycles. The van der Waals surface area contributed by atoms with Crippen LogP contribution in [0.1, 0.15) is 10.4 Å². The minimum Gasteiger partial charge on any atom is -0.360 e. The van der Waals surface area contributed by atoms with Gasteiger partial charge in [0.2, 0.25) is 0 Å². The number of fused-ring (bicyclic) bond motifs is 1. The predicted molar refractivity (Wildman–Crippen MR) is 77.6 cm³/mol. The third-order valence-corrected chi connectivity index (χ3v) is 3.22. The summed E-state index contributed by atoms with van der Waals surface area (Å²) in [6.45, 7) is 0. The Morgan fingerprint density at radius 1 is 1.05 bits per heavy atom. The summed E-state index contributed by atoms with van der Waals surface area (Å²) in [5, 5.41) is 2.75. The Morgan fingerprint density at radius 2 is 1.82 bits per heavy atom. The Balaban J connectivity index is 1.87. The van der Waals surface area contributed by atoms with Crippen LogP contribution in [0.5, 0.6) is 0 Å². The molecule has 2 aromatic carbocycles. The molecule has 0 saturated carbocycles. The van der Waals surface area contributed by atoms with Gasteiger partial charge < -0.3 is 10.3 Å². The van der Waals surface area contributed by atoms with E-state index in [4.69, 9.17) is 0 Å². The van der Waals surface area contributed by atoms with E-state index in [0.29, 0.717) is 17.0 Å². The van der Waals surface area contributed by atoms with E-state index < -0.39 is 23.3 Å². The van der Waals surface area contributed by atoms with Crippen molar-refractivity contribution in [2.75, 3.05) is 5.32 Å². The van der Waals surface area contributed by atoms with Gasteiger partial charge in [0.25, 0.3) is 11.7 Å². The van der Waals surface area contributed by atoms with E-state index in [-0.39, 0.29) is 11.3 Å². The highest BCUT2D eigenvalue weighted by Gasteiger charge is 2.21. The van der Waals surface area contributed by atoms with Crippen molar-refractivity contribution in [2.24, 2.45) is 0 Å². The maximum Gasteiger partial charge on any atom is 0.296 e. The number of H-pyrrole nitrogens is 1. The number of halogens is 2. The van der Waals surface area contributed by atoms with Crippen LogP contribution in [0.25, 0.3) is 10.9 Å². The number of ketones is 1. The molecule has 0 unspecified atom stereocenters. The summed E-state index contributed by atoms with van der Waals surface area (Å²) in [6, 6.07) is 9.69. The normalized spacial score (nSPS) is 10.6. The zero-order chi connectivity index (χ0) is 15.7. The summed E-state index contributed by atoms with van der Waals surface area (Å²) < 4.78 is 26.3. The maximum absolute atomic E-state index is 13.5. The average Bonchev–Trinajstić information content (AvgIpc) is 2.93. The molecule has 1 aromatic heterocycles. The van der Waals surface area contributed by atoms with E-state index in [2.05, 4.69) is 10.3 Å². The highest BCUT2D eigenvalue weighted by Crippen LogP contribution is 2.20. The highest BCUT2D eigenvalue weighted by atomic mass is 19.1. The number of Topliss-reactive ketones (excluding diaryl/α,β-unsaturated/α-hetero) is 1. The van der Waals surface area contributed by atoms with Crippen molar-refractivity contribution >= 4 is 28.3 Å². The monoisotopic (exact) mass is 300 g/mol. The SMILES string of the molecule is O=C(Nc1ccc(F)cc1F)C(=O)c1c[nH]c2ccccc12. The van der Waals surface area contributed by atoms with Gasteiger partial charge in [0.15, 0.2) is 0 Å². The molecule has 4 nitrogen and oxygen atoms in total. The number of aromatic nitrogens is 1. The van der Waals surface area contributed by atoms with Gasteiger partial charge in [0.05, 0.1) is 11.3 Å². The topological polar surface area (TPSA) is 62.0 Å². The molecule has 6 heteroatoms. The minimum atomic E-state index is -0.990. The molecule has 0 aliphatic rings. The number of carbonyl (C=O) groups excluding carboxylic acids is 2. The first-order chi connectivity index (χ1) is 10.6. The summed E-state index contributed by atoms with van der Waals surface area (Å²) >= 11 is 0. The number of amides is 1. The fourth-order valence-corrected chi connectivity index (χ4v) is 2.15. The summed E-state index contributed by atoms with van der Waals surface area (Å²) in [7, 11) is 0. The van der Waals surface area contributed by atoms with Gasteiger partial charge in [0, 0.05) is 23.2 Å². The van der Waals surface area contributed by atoms with Crippen molar-refractivity contribution in [1.29, 1.82) is 0 Å². The number of aromatic amines is 1. The molecule has 110 valence electrons. The van der Waals surface area contributed by atoms with E-state index >= 15 is 0 Å². The number of anilines is 1. The summed E-state index contributed by atoms with van der Waals surface area (Å²) in [6.07, 6.45) is 1.42. The summed E-state index contributed by atoms with van der Waals surface area (Å²) in [4.78, 5) is 27.0. The molecule has 0 saturated heterocycles. The van der Waals surface area contributed by atoms with Crippen LogP contribution in [-0.4, -0.2) is 16.7 Å². The van der Waals surface area contributed by atoms with Crippen LogP contribution in [0.4, 0.5) is 14.5 Å². The van der Waals surface area contributed by atoms with Crippen molar-refractivity contribution in [1.82, 2.24) is 4.98 Å². The van der Waals surface area contributed by atoms with Crippen LogP contribution < -0.4 is 5.32 Å². The lowest BCUT2D eigenvalue weighted by molar-refractivity contribution is -0.112. The van der Waals surface area contributed by atoms with Gasteiger partial charge in [-0.1, -0.05) is 18.2 Å². The lowest BCUT2D eigenvalue weighted by Gasteiger charge is -2.05. The second kappa shape index (κ2) is 5.40. The van der Waals surface area contributed by atoms with Gasteiger partial charge in [-0.2, -0.15) is 0 Å². The molecule has 0 radical (unpaired) electrons. The fourth-order valence-electron chi connectivity index (χ4n) is 2.15. The number of carbonyl (C=O) groups is 2. The largest absolute Gasteiger partial charge is 0.360 e. The molecular formula is C16H10F2N2O2. The summed E-state index contributed by atoms with van der Waals surface area (Å²) in [5.41, 5.74) is 0.654. The van der Waals surface area contributed by atoms with Crippen molar-refractivity contribution in [3.63, 3.8) is 0 Å². The quantitative estimate of drug-likeness (QED) is 0.576. The summed E-state index contributed by atoms with van der Waals surface area (Å²) in [5.74, 6) is -3.50. The molecule has 3 aromatic rings. The number of hydrogen-bond acceptors (Lipinski definition) is 2. The molecule has 2 N–H and O–H groups in total. The Hall–Kier alpha value is -3.02. The molecule has 1 amide bonds. The minimum absolute atomic E-state index is 0.190. The van der Waals surface area contributed by atoms with Gasteiger partial charge in [0.1, 0.15) is 11.6 Å². The highest BCUT2D eigenvalue weighted by molar-refractivity contribution is 6.48. The van der Waals surface area contributed by atoms with E-state index in [1.165, 1.54) is 6.20 Å². The van der Waals surface area contributed by atoms with Gasteiger partial charge in [-0.15, -0.1) is 0 Å². The van der Waals surface area contributed by atoms with Crippen molar-refractivity contribution < 1.29 is 18.4 Å². The lowest BCUT2D eigenvalue weighted by atomic mass is 10.1. The smallest absolute Gasteiger partial charge is 0.296 e. The molecule has 0 atom stereocenters. The number of nitrogens with one attached hydrogen (secondary N) is 2. The molecule has 0 spiro atoms. The van der Waals surface area contributed by atoms with Crippen LogP contribution in [0.15, 0.2) is 48.7 Å². The number of hydrogen-bond donors (Lipinski definition) is 2. The Bertz CT molecular complexity index is 887. The molecule has 3 rings (SSSR count). The van der Waals surface area contributed by atoms with E-state index in [1.54, 1.807) is 24.3 Å². The first kappa shape index (κ1) is 13.9. The van der Waals surface area contributed by atoms with Gasteiger partial charge >= 0.3 is 0 Å². The third kappa shape index (κ3) is 2.46. The second-order valence-corrected chi connectivity index (χ2v) is 4.66. The van der Waals surface area contributed by atoms with Crippen LogP contribution in [0.2, 0.25) is 0 Å². The van der Waals surface area contributed by atoms with Crippen molar-refractivity contribution in [2.45, 2.75) is 0 Å².